The Morgan fingerprint density at radius 2 is 1.76 bits per heavy atom. The van der Waals surface area contributed by atoms with E-state index < -0.39 is 8.07 Å². The summed E-state index contributed by atoms with van der Waals surface area (Å²) in [6.07, 6.45) is 5.82. The second-order valence-corrected chi connectivity index (χ2v) is 12.4. The number of fused-ring (bicyclic) bond motifs is 1. The minimum atomic E-state index is -1.56. The van der Waals surface area contributed by atoms with Crippen LogP contribution >= 0.6 is 0 Å². The largest absolute Gasteiger partial charge is 0.464 e. The van der Waals surface area contributed by atoms with Crippen LogP contribution < -0.4 is 5.38 Å². The number of hydrogen-bond acceptors (Lipinski definition) is 3. The maximum atomic E-state index is 6.36. The van der Waals surface area contributed by atoms with Gasteiger partial charge in [-0.2, -0.15) is 5.10 Å². The van der Waals surface area contributed by atoms with Crippen molar-refractivity contribution in [2.75, 3.05) is 0 Å². The first-order valence-electron chi connectivity index (χ1n) is 8.41. The zero-order valence-electron chi connectivity index (χ0n) is 14.9. The van der Waals surface area contributed by atoms with E-state index in [1.54, 1.807) is 0 Å². The molecule has 4 rings (SSSR count). The van der Waals surface area contributed by atoms with Crippen LogP contribution in [0, 0.1) is 0 Å². The Hall–Kier alpha value is -2.66. The molecule has 5 heteroatoms. The zero-order chi connectivity index (χ0) is 17.6. The molecule has 0 fully saturated rings. The van der Waals surface area contributed by atoms with E-state index in [1.807, 2.05) is 36.4 Å². The van der Waals surface area contributed by atoms with E-state index in [1.165, 1.54) is 0 Å². The van der Waals surface area contributed by atoms with Gasteiger partial charge in [0.15, 0.2) is 5.58 Å². The molecule has 0 unspecified atom stereocenters. The monoisotopic (exact) mass is 347 g/mol. The molecule has 4 aromatic rings. The van der Waals surface area contributed by atoms with Gasteiger partial charge in [0, 0.05) is 42.2 Å². The second-order valence-electron chi connectivity index (χ2n) is 7.39. The lowest BCUT2D eigenvalue weighted by Gasteiger charge is -2.11. The van der Waals surface area contributed by atoms with Crippen molar-refractivity contribution >= 4 is 24.6 Å². The van der Waals surface area contributed by atoms with Gasteiger partial charge in [-0.1, -0.05) is 50.0 Å². The van der Waals surface area contributed by atoms with Gasteiger partial charge >= 0.3 is 0 Å². The second kappa shape index (κ2) is 5.70. The molecule has 0 saturated carbocycles. The number of hydrogen-bond donors (Lipinski definition) is 0. The van der Waals surface area contributed by atoms with Gasteiger partial charge in [-0.05, 0) is 5.56 Å². The molecule has 0 bridgehead atoms. The van der Waals surface area contributed by atoms with Crippen LogP contribution in [0.15, 0.2) is 59.4 Å². The molecule has 1 aromatic carbocycles. The Bertz CT molecular complexity index is 1040. The lowest BCUT2D eigenvalue weighted by atomic mass is 9.97. The molecule has 3 heterocycles. The fourth-order valence-corrected chi connectivity index (χ4v) is 4.00. The van der Waals surface area contributed by atoms with Crippen LogP contribution in [0.5, 0.6) is 0 Å². The first kappa shape index (κ1) is 15.8. The summed E-state index contributed by atoms with van der Waals surface area (Å²) in [5.74, 6) is 0. The fourth-order valence-electron chi connectivity index (χ4n) is 3.02. The van der Waals surface area contributed by atoms with Crippen LogP contribution in [0.2, 0.25) is 19.6 Å². The average molecular weight is 347 g/mol. The number of nitrogens with zero attached hydrogens (tertiary/aromatic N) is 3. The predicted octanol–water partition coefficient (Wildman–Crippen LogP) is 4.44. The summed E-state index contributed by atoms with van der Waals surface area (Å²) in [6.45, 7) is 6.86. The van der Waals surface area contributed by atoms with Crippen molar-refractivity contribution in [2.24, 2.45) is 7.05 Å². The number of aryl methyl sites for hydroxylation is 1. The minimum absolute atomic E-state index is 0.866. The molecule has 0 amide bonds. The predicted molar refractivity (Wildman–Crippen MR) is 105 cm³/mol. The van der Waals surface area contributed by atoms with Crippen LogP contribution in [0.4, 0.5) is 0 Å². The Balaban J connectivity index is 2.05. The van der Waals surface area contributed by atoms with Gasteiger partial charge in [-0.3, -0.25) is 9.67 Å². The first-order valence-corrected chi connectivity index (χ1v) is 11.9. The smallest absolute Gasteiger partial charge is 0.160 e. The number of pyridine rings is 1. The van der Waals surface area contributed by atoms with Gasteiger partial charge in [0.2, 0.25) is 0 Å². The van der Waals surface area contributed by atoms with Crippen molar-refractivity contribution in [3.63, 3.8) is 0 Å². The molecule has 0 aliphatic heterocycles. The SMILES string of the molecule is Cn1cc(-c2cnc3cc([Si](C)(C)C)oc3c2-c2ccccc2)cn1. The molecule has 0 N–H and O–H groups in total. The fraction of sp³-hybridized carbons (Fsp3) is 0.200. The summed E-state index contributed by atoms with van der Waals surface area (Å²) in [6, 6.07) is 12.5. The van der Waals surface area contributed by atoms with E-state index in [-0.39, 0.29) is 0 Å². The summed E-state index contributed by atoms with van der Waals surface area (Å²) < 4.78 is 8.17. The van der Waals surface area contributed by atoms with Crippen LogP contribution in [0.25, 0.3) is 33.4 Å². The molecule has 126 valence electrons. The summed E-state index contributed by atoms with van der Waals surface area (Å²) in [5, 5.41) is 5.40. The molecule has 0 spiro atoms. The Morgan fingerprint density at radius 1 is 1.00 bits per heavy atom. The third-order valence-corrected chi connectivity index (χ3v) is 6.08. The van der Waals surface area contributed by atoms with Gasteiger partial charge < -0.3 is 4.42 Å². The summed E-state index contributed by atoms with van der Waals surface area (Å²) in [7, 11) is 0.368. The lowest BCUT2D eigenvalue weighted by Crippen LogP contribution is -2.36. The number of furan rings is 1. The molecule has 0 aliphatic rings. The lowest BCUT2D eigenvalue weighted by molar-refractivity contribution is 0.649. The molecule has 4 nitrogen and oxygen atoms in total. The maximum Gasteiger partial charge on any atom is 0.160 e. The standard InChI is InChI=1S/C20H21N3OSi/c1-23-13-15(11-22-23)16-12-21-17-10-18(25(2,3)4)24-20(17)19(16)14-8-6-5-7-9-14/h5-13H,1-4H3. The molecular weight excluding hydrogens is 326 g/mol. The quantitative estimate of drug-likeness (QED) is 0.515. The Morgan fingerprint density at radius 3 is 2.40 bits per heavy atom. The van der Waals surface area contributed by atoms with E-state index in [0.29, 0.717) is 0 Å². The first-order chi connectivity index (χ1) is 11.9. The van der Waals surface area contributed by atoms with Gasteiger partial charge in [0.1, 0.15) is 13.6 Å². The minimum Gasteiger partial charge on any atom is -0.464 e. The summed E-state index contributed by atoms with van der Waals surface area (Å²) in [4.78, 5) is 4.68. The van der Waals surface area contributed by atoms with E-state index in [4.69, 9.17) is 4.42 Å². The van der Waals surface area contributed by atoms with Crippen LogP contribution in [-0.4, -0.2) is 22.8 Å². The van der Waals surface area contributed by atoms with Crippen molar-refractivity contribution in [3.05, 3.63) is 55.0 Å². The van der Waals surface area contributed by atoms with Crippen molar-refractivity contribution in [2.45, 2.75) is 19.6 Å². The normalized spacial score (nSPS) is 12.0. The van der Waals surface area contributed by atoms with Crippen molar-refractivity contribution in [1.29, 1.82) is 0 Å². The maximum absolute atomic E-state index is 6.36. The molecule has 0 saturated heterocycles. The van der Waals surface area contributed by atoms with Crippen LogP contribution in [0.1, 0.15) is 0 Å². The molecule has 0 radical (unpaired) electrons. The average Bonchev–Trinajstić information content (AvgIpc) is 3.20. The highest BCUT2D eigenvalue weighted by Crippen LogP contribution is 2.37. The van der Waals surface area contributed by atoms with Gasteiger partial charge in [-0.15, -0.1) is 0 Å². The number of benzene rings is 1. The van der Waals surface area contributed by atoms with Gasteiger partial charge in [0.25, 0.3) is 0 Å². The third kappa shape index (κ3) is 2.80. The molecular formula is C20H21N3OSi. The van der Waals surface area contributed by atoms with Crippen LogP contribution in [-0.2, 0) is 7.05 Å². The van der Waals surface area contributed by atoms with E-state index in [2.05, 4.69) is 60.1 Å². The Kier molecular flexibility index (Phi) is 3.61. The van der Waals surface area contributed by atoms with E-state index in [9.17, 15) is 0 Å². The molecule has 0 atom stereocenters. The third-order valence-electron chi connectivity index (χ3n) is 4.36. The topological polar surface area (TPSA) is 43.9 Å². The highest BCUT2D eigenvalue weighted by molar-refractivity contribution is 6.87. The van der Waals surface area contributed by atoms with Crippen molar-refractivity contribution < 1.29 is 4.42 Å². The highest BCUT2D eigenvalue weighted by Gasteiger charge is 2.24. The van der Waals surface area contributed by atoms with Crippen LogP contribution in [0.3, 0.4) is 0 Å². The molecule has 0 aliphatic carbocycles. The van der Waals surface area contributed by atoms with E-state index in [0.717, 1.165) is 38.7 Å². The summed E-state index contributed by atoms with van der Waals surface area (Å²) in [5.41, 5.74) is 6.09. The van der Waals surface area contributed by atoms with Gasteiger partial charge in [-0.25, -0.2) is 0 Å². The number of aromatic nitrogens is 3. The zero-order valence-corrected chi connectivity index (χ0v) is 15.9. The van der Waals surface area contributed by atoms with E-state index >= 15 is 0 Å². The number of rotatable bonds is 3. The summed E-state index contributed by atoms with van der Waals surface area (Å²) >= 11 is 0. The van der Waals surface area contributed by atoms with Gasteiger partial charge in [0.05, 0.1) is 11.6 Å². The highest BCUT2D eigenvalue weighted by atomic mass is 28.3. The van der Waals surface area contributed by atoms with Crippen molar-refractivity contribution in [1.82, 2.24) is 14.8 Å². The Labute approximate surface area is 148 Å². The molecule has 3 aromatic heterocycles. The van der Waals surface area contributed by atoms with Crippen molar-refractivity contribution in [3.8, 4) is 22.3 Å². The molecule has 25 heavy (non-hydrogen) atoms.